The lowest BCUT2D eigenvalue weighted by Gasteiger charge is -2.19. The van der Waals surface area contributed by atoms with Crippen molar-refractivity contribution in [2.45, 2.75) is 25.7 Å². The summed E-state index contributed by atoms with van der Waals surface area (Å²) in [5.74, 6) is -0.999. The molecule has 1 atom stereocenters. The van der Waals surface area contributed by atoms with E-state index in [-0.39, 0.29) is 40.9 Å². The lowest BCUT2D eigenvalue weighted by Crippen LogP contribution is -2.04. The maximum atomic E-state index is 11.1. The molecule has 2 rings (SSSR count). The topological polar surface area (TPSA) is 127 Å². The average molecular weight is 354 g/mol. The van der Waals surface area contributed by atoms with Gasteiger partial charge in [0.2, 0.25) is 0 Å². The summed E-state index contributed by atoms with van der Waals surface area (Å²) in [7, 11) is -4.85. The van der Waals surface area contributed by atoms with Crippen molar-refractivity contribution in [3.63, 3.8) is 0 Å². The van der Waals surface area contributed by atoms with Gasteiger partial charge in [0.05, 0.1) is 0 Å². The zero-order chi connectivity index (χ0) is 17.9. The van der Waals surface area contributed by atoms with E-state index in [2.05, 4.69) is 4.52 Å². The molecule has 0 aromatic heterocycles. The Hall–Kier alpha value is -2.21. The van der Waals surface area contributed by atoms with Gasteiger partial charge in [-0.25, -0.2) is 4.57 Å². The summed E-state index contributed by atoms with van der Waals surface area (Å²) in [5, 5.41) is 29.2. The van der Waals surface area contributed by atoms with Crippen LogP contribution < -0.4 is 4.52 Å². The third-order valence-electron chi connectivity index (χ3n) is 3.67. The van der Waals surface area contributed by atoms with Crippen molar-refractivity contribution in [1.82, 2.24) is 0 Å². The lowest BCUT2D eigenvalue weighted by atomic mass is 9.89. The largest absolute Gasteiger partial charge is 0.524 e. The first-order valence-electron chi connectivity index (χ1n) is 7.28. The molecule has 5 N–H and O–H groups in total. The van der Waals surface area contributed by atoms with Crippen molar-refractivity contribution in [3.05, 3.63) is 47.5 Å². The zero-order valence-corrected chi connectivity index (χ0v) is 13.8. The molecule has 0 aliphatic rings. The minimum absolute atomic E-state index is 0.104. The molecule has 0 radical (unpaired) electrons. The summed E-state index contributed by atoms with van der Waals surface area (Å²) in [5.41, 5.74) is 0.985. The van der Waals surface area contributed by atoms with Gasteiger partial charge in [-0.3, -0.25) is 9.79 Å². The fourth-order valence-corrected chi connectivity index (χ4v) is 2.97. The molecule has 0 fully saturated rings. The van der Waals surface area contributed by atoms with Gasteiger partial charge in [-0.1, -0.05) is 19.1 Å². The third kappa shape index (κ3) is 4.64. The predicted octanol–water partition coefficient (Wildman–Crippen LogP) is 3.01. The van der Waals surface area contributed by atoms with Gasteiger partial charge < -0.3 is 19.8 Å². The van der Waals surface area contributed by atoms with Crippen LogP contribution in [-0.2, 0) is 11.0 Å². The molecule has 24 heavy (non-hydrogen) atoms. The maximum absolute atomic E-state index is 11.1. The summed E-state index contributed by atoms with van der Waals surface area (Å²) in [6.07, 6.45) is 0.862. The van der Waals surface area contributed by atoms with E-state index >= 15 is 0 Å². The SMILES string of the molecule is CCC(Cc1c(O)cc(O)cc1OP(=O)(O)O)c1cccc(O)c1. The van der Waals surface area contributed by atoms with Crippen LogP contribution in [0.5, 0.6) is 23.0 Å². The first-order chi connectivity index (χ1) is 11.2. The Morgan fingerprint density at radius 1 is 1.08 bits per heavy atom. The summed E-state index contributed by atoms with van der Waals surface area (Å²) in [6, 6.07) is 8.76. The highest BCUT2D eigenvalue weighted by molar-refractivity contribution is 7.46. The summed E-state index contributed by atoms with van der Waals surface area (Å²) >= 11 is 0. The van der Waals surface area contributed by atoms with Crippen LogP contribution in [0.3, 0.4) is 0 Å². The molecule has 7 nitrogen and oxygen atoms in total. The van der Waals surface area contributed by atoms with E-state index in [1.807, 2.05) is 13.0 Å². The number of hydrogen-bond acceptors (Lipinski definition) is 5. The monoisotopic (exact) mass is 354 g/mol. The van der Waals surface area contributed by atoms with Crippen LogP contribution in [-0.4, -0.2) is 25.1 Å². The molecular weight excluding hydrogens is 335 g/mol. The van der Waals surface area contributed by atoms with Crippen molar-refractivity contribution in [1.29, 1.82) is 0 Å². The van der Waals surface area contributed by atoms with E-state index < -0.39 is 7.82 Å². The van der Waals surface area contributed by atoms with Gasteiger partial charge in [-0.15, -0.1) is 0 Å². The molecule has 2 aromatic carbocycles. The Labute approximate surface area is 139 Å². The molecule has 1 unspecified atom stereocenters. The van der Waals surface area contributed by atoms with Crippen molar-refractivity contribution in [2.24, 2.45) is 0 Å². The number of benzene rings is 2. The van der Waals surface area contributed by atoms with E-state index in [0.717, 1.165) is 17.7 Å². The molecule has 0 saturated carbocycles. The van der Waals surface area contributed by atoms with Gasteiger partial charge in [0, 0.05) is 17.7 Å². The fraction of sp³-hybridized carbons (Fsp3) is 0.250. The fourth-order valence-electron chi connectivity index (χ4n) is 2.55. The maximum Gasteiger partial charge on any atom is 0.524 e. The third-order valence-corrected chi connectivity index (χ3v) is 4.11. The van der Waals surface area contributed by atoms with E-state index in [4.69, 9.17) is 9.79 Å². The van der Waals surface area contributed by atoms with Crippen LogP contribution in [0, 0.1) is 0 Å². The van der Waals surface area contributed by atoms with Crippen LogP contribution in [0.2, 0.25) is 0 Å². The highest BCUT2D eigenvalue weighted by atomic mass is 31.2. The van der Waals surface area contributed by atoms with E-state index in [1.54, 1.807) is 12.1 Å². The number of aromatic hydroxyl groups is 3. The van der Waals surface area contributed by atoms with Crippen molar-refractivity contribution < 1.29 is 34.2 Å². The molecule has 0 aliphatic carbocycles. The molecule has 130 valence electrons. The van der Waals surface area contributed by atoms with Gasteiger partial charge in [0.1, 0.15) is 23.0 Å². The molecule has 0 amide bonds. The number of rotatable bonds is 6. The van der Waals surface area contributed by atoms with Crippen LogP contribution >= 0.6 is 7.82 Å². The Kier molecular flexibility index (Phi) is 5.39. The summed E-state index contributed by atoms with van der Waals surface area (Å²) < 4.78 is 15.7. The second-order valence-electron chi connectivity index (χ2n) is 5.43. The molecule has 8 heteroatoms. The Morgan fingerprint density at radius 2 is 1.79 bits per heavy atom. The van der Waals surface area contributed by atoms with Crippen molar-refractivity contribution >= 4 is 7.82 Å². The Balaban J connectivity index is 2.41. The molecular formula is C16H19O7P. The molecule has 0 spiro atoms. The second-order valence-corrected chi connectivity index (χ2v) is 6.59. The van der Waals surface area contributed by atoms with E-state index in [9.17, 15) is 19.9 Å². The van der Waals surface area contributed by atoms with E-state index in [1.165, 1.54) is 6.07 Å². The minimum atomic E-state index is -4.85. The molecule has 2 aromatic rings. The number of hydrogen-bond donors (Lipinski definition) is 5. The molecule has 0 saturated heterocycles. The van der Waals surface area contributed by atoms with Gasteiger partial charge in [0.15, 0.2) is 0 Å². The van der Waals surface area contributed by atoms with Crippen LogP contribution in [0.15, 0.2) is 36.4 Å². The normalized spacial score (nSPS) is 12.8. The van der Waals surface area contributed by atoms with Crippen LogP contribution in [0.25, 0.3) is 0 Å². The molecule has 0 aliphatic heterocycles. The Bertz CT molecular complexity index is 769. The van der Waals surface area contributed by atoms with Crippen molar-refractivity contribution in [2.75, 3.05) is 0 Å². The van der Waals surface area contributed by atoms with Gasteiger partial charge in [-0.05, 0) is 36.5 Å². The summed E-state index contributed by atoms with van der Waals surface area (Å²) in [6.45, 7) is 1.91. The standard InChI is InChI=1S/C16H19O7P/c1-2-10(11-4-3-5-12(17)6-11)7-14-15(19)8-13(18)9-16(14)23-24(20,21)22/h3-6,8-10,17-19H,2,7H2,1H3,(H2,20,21,22). The lowest BCUT2D eigenvalue weighted by molar-refractivity contribution is 0.281. The number of phosphoric ester groups is 1. The number of phenolic OH excluding ortho intramolecular Hbond substituents is 3. The minimum Gasteiger partial charge on any atom is -0.508 e. The summed E-state index contributed by atoms with van der Waals surface area (Å²) in [4.78, 5) is 18.0. The first-order valence-corrected chi connectivity index (χ1v) is 8.81. The van der Waals surface area contributed by atoms with Gasteiger partial charge in [-0.2, -0.15) is 0 Å². The Morgan fingerprint density at radius 3 is 2.38 bits per heavy atom. The first kappa shape index (κ1) is 18.1. The van der Waals surface area contributed by atoms with Gasteiger partial charge in [0.25, 0.3) is 0 Å². The number of phosphoric acid groups is 1. The van der Waals surface area contributed by atoms with Crippen LogP contribution in [0.4, 0.5) is 0 Å². The van der Waals surface area contributed by atoms with Gasteiger partial charge >= 0.3 is 7.82 Å². The highest BCUT2D eigenvalue weighted by Gasteiger charge is 2.23. The quantitative estimate of drug-likeness (QED) is 0.505. The van der Waals surface area contributed by atoms with Crippen LogP contribution in [0.1, 0.15) is 30.4 Å². The highest BCUT2D eigenvalue weighted by Crippen LogP contribution is 2.44. The molecule has 0 bridgehead atoms. The average Bonchev–Trinajstić information content (AvgIpc) is 2.45. The second kappa shape index (κ2) is 7.13. The smallest absolute Gasteiger partial charge is 0.508 e. The van der Waals surface area contributed by atoms with Crippen molar-refractivity contribution in [3.8, 4) is 23.0 Å². The zero-order valence-electron chi connectivity index (χ0n) is 13.0. The predicted molar refractivity (Wildman–Crippen MR) is 87.3 cm³/mol. The molecule has 0 heterocycles. The number of phenols is 3. The van der Waals surface area contributed by atoms with E-state index in [0.29, 0.717) is 6.42 Å².